The van der Waals surface area contributed by atoms with Gasteiger partial charge in [-0.1, -0.05) is 29.9 Å². The lowest BCUT2D eigenvalue weighted by molar-refractivity contribution is -0.141. The Hall–Kier alpha value is -2.75. The fourth-order valence-corrected chi connectivity index (χ4v) is 2.42. The third-order valence-electron chi connectivity index (χ3n) is 3.58. The van der Waals surface area contributed by atoms with Crippen LogP contribution in [0.1, 0.15) is 18.4 Å². The normalized spacial score (nSPS) is 19.2. The third-order valence-corrected chi connectivity index (χ3v) is 3.58. The van der Waals surface area contributed by atoms with Crippen LogP contribution in [0.5, 0.6) is 5.75 Å². The molecule has 0 spiro atoms. The van der Waals surface area contributed by atoms with E-state index in [1.165, 1.54) is 0 Å². The number of hydrogen-bond donors (Lipinski definition) is 0. The zero-order valence-electron chi connectivity index (χ0n) is 13.0. The molecule has 0 amide bonds. The molecule has 4 heteroatoms. The fourth-order valence-electron chi connectivity index (χ4n) is 2.42. The molecule has 0 unspecified atom stereocenters. The first-order valence-corrected chi connectivity index (χ1v) is 7.49. The molecule has 1 aromatic rings. The zero-order chi connectivity index (χ0) is 16.1. The molecule has 4 bridgehead atoms. The Morgan fingerprint density at radius 1 is 1.09 bits per heavy atom. The van der Waals surface area contributed by atoms with E-state index in [-0.39, 0.29) is 19.0 Å². The summed E-state index contributed by atoms with van der Waals surface area (Å²) in [6, 6.07) is 7.70. The molecule has 2 aliphatic heterocycles. The molecule has 4 rings (SSSR count). The number of methoxy groups -OCH3 is 1. The van der Waals surface area contributed by atoms with Crippen molar-refractivity contribution in [3.05, 3.63) is 71.2 Å². The summed E-state index contributed by atoms with van der Waals surface area (Å²) in [7, 11) is 1.60. The Balaban J connectivity index is 2.01. The highest BCUT2D eigenvalue weighted by molar-refractivity contribution is 5.73. The maximum Gasteiger partial charge on any atom is 0.310 e. The van der Waals surface area contributed by atoms with Gasteiger partial charge >= 0.3 is 5.97 Å². The van der Waals surface area contributed by atoms with Crippen molar-refractivity contribution in [2.45, 2.75) is 12.8 Å². The summed E-state index contributed by atoms with van der Waals surface area (Å²) >= 11 is 0. The molecule has 3 aliphatic rings. The lowest BCUT2D eigenvalue weighted by atomic mass is 10.1. The average Bonchev–Trinajstić information content (AvgIpc) is 2.74. The van der Waals surface area contributed by atoms with Crippen molar-refractivity contribution in [3.8, 4) is 5.75 Å². The van der Waals surface area contributed by atoms with Crippen molar-refractivity contribution >= 4 is 12.0 Å². The second kappa shape index (κ2) is 7.01. The highest BCUT2D eigenvalue weighted by Gasteiger charge is 2.14. The number of ether oxygens (including phenoxy) is 3. The topological polar surface area (TPSA) is 44.8 Å². The van der Waals surface area contributed by atoms with E-state index >= 15 is 0 Å². The number of allylic oxidation sites excluding steroid dienone is 3. The molecule has 0 aromatic heterocycles. The Morgan fingerprint density at radius 2 is 1.91 bits per heavy atom. The van der Waals surface area contributed by atoms with Gasteiger partial charge in [-0.2, -0.15) is 0 Å². The summed E-state index contributed by atoms with van der Waals surface area (Å²) in [5.41, 5.74) is 1.94. The van der Waals surface area contributed by atoms with Crippen LogP contribution in [-0.4, -0.2) is 19.7 Å². The lowest BCUT2D eigenvalue weighted by Crippen LogP contribution is -2.06. The van der Waals surface area contributed by atoms with Gasteiger partial charge in [0.05, 0.1) is 13.5 Å². The van der Waals surface area contributed by atoms with Crippen molar-refractivity contribution < 1.29 is 19.0 Å². The van der Waals surface area contributed by atoms with Gasteiger partial charge in [-0.25, -0.2) is 0 Å². The summed E-state index contributed by atoms with van der Waals surface area (Å²) in [6.45, 7) is 0.270. The first-order chi connectivity index (χ1) is 11.2. The molecule has 1 aromatic carbocycles. The van der Waals surface area contributed by atoms with Gasteiger partial charge in [0.2, 0.25) is 0 Å². The second-order valence-corrected chi connectivity index (χ2v) is 5.27. The molecule has 118 valence electrons. The van der Waals surface area contributed by atoms with Crippen molar-refractivity contribution in [1.29, 1.82) is 0 Å². The SMILES string of the molecule is COC1=C2C=C(CC=C1)CC(=O)OC/C=C\c1ccc(cc1)O2. The number of hydrogen-bond acceptors (Lipinski definition) is 4. The predicted octanol–water partition coefficient (Wildman–Crippen LogP) is 3.77. The molecule has 0 fully saturated rings. The highest BCUT2D eigenvalue weighted by Crippen LogP contribution is 2.25. The summed E-state index contributed by atoms with van der Waals surface area (Å²) < 4.78 is 16.6. The maximum absolute atomic E-state index is 11.9. The summed E-state index contributed by atoms with van der Waals surface area (Å²) in [5.74, 6) is 1.69. The molecule has 4 nitrogen and oxygen atoms in total. The maximum atomic E-state index is 11.9. The van der Waals surface area contributed by atoms with E-state index < -0.39 is 0 Å². The molecule has 1 aliphatic carbocycles. The quantitative estimate of drug-likeness (QED) is 0.741. The van der Waals surface area contributed by atoms with E-state index in [9.17, 15) is 4.79 Å². The minimum Gasteiger partial charge on any atom is -0.493 e. The molecular formula is C19H18O4. The molecule has 0 radical (unpaired) electrons. The number of fused-ring (bicyclic) bond motifs is 6. The van der Waals surface area contributed by atoms with Crippen LogP contribution in [0, 0.1) is 0 Å². The fraction of sp³-hybridized carbons (Fsp3) is 0.211. The zero-order valence-corrected chi connectivity index (χ0v) is 13.0. The van der Waals surface area contributed by atoms with Crippen LogP contribution in [0.4, 0.5) is 0 Å². The first-order valence-electron chi connectivity index (χ1n) is 7.49. The number of esters is 1. The van der Waals surface area contributed by atoms with Gasteiger partial charge in [0.15, 0.2) is 11.5 Å². The van der Waals surface area contributed by atoms with Crippen LogP contribution in [-0.2, 0) is 14.3 Å². The smallest absolute Gasteiger partial charge is 0.310 e. The monoisotopic (exact) mass is 310 g/mol. The van der Waals surface area contributed by atoms with E-state index in [1.807, 2.05) is 54.6 Å². The van der Waals surface area contributed by atoms with Crippen LogP contribution in [0.25, 0.3) is 6.08 Å². The first kappa shape index (κ1) is 15.2. The minimum atomic E-state index is -0.250. The number of carbonyl (C=O) groups is 1. The number of rotatable bonds is 1. The largest absolute Gasteiger partial charge is 0.493 e. The third kappa shape index (κ3) is 3.92. The van der Waals surface area contributed by atoms with E-state index in [0.29, 0.717) is 17.9 Å². The van der Waals surface area contributed by atoms with Crippen molar-refractivity contribution in [2.24, 2.45) is 0 Å². The van der Waals surface area contributed by atoms with Crippen LogP contribution < -0.4 is 4.74 Å². The summed E-state index contributed by atoms with van der Waals surface area (Å²) in [4.78, 5) is 11.9. The Morgan fingerprint density at radius 3 is 2.70 bits per heavy atom. The van der Waals surface area contributed by atoms with Crippen molar-refractivity contribution in [1.82, 2.24) is 0 Å². The molecular weight excluding hydrogens is 292 g/mol. The van der Waals surface area contributed by atoms with Gasteiger partial charge in [0.1, 0.15) is 12.4 Å². The minimum absolute atomic E-state index is 0.236. The number of benzene rings is 1. The summed E-state index contributed by atoms with van der Waals surface area (Å²) in [6.07, 6.45) is 10.3. The molecule has 0 saturated heterocycles. The highest BCUT2D eigenvalue weighted by atomic mass is 16.5. The van der Waals surface area contributed by atoms with Gasteiger partial charge in [0, 0.05) is 0 Å². The van der Waals surface area contributed by atoms with E-state index in [1.54, 1.807) is 7.11 Å². The van der Waals surface area contributed by atoms with Gasteiger partial charge in [-0.15, -0.1) is 0 Å². The Bertz CT molecular complexity index is 705. The van der Waals surface area contributed by atoms with Crippen LogP contribution in [0.2, 0.25) is 0 Å². The van der Waals surface area contributed by atoms with E-state index in [2.05, 4.69) is 0 Å². The standard InChI is InChI=1S/C19H18O4/c1-21-17-6-2-4-15-12-18(17)23-16-9-7-14(8-10-16)5-3-11-22-19(20)13-15/h2-3,5-10,12H,4,11,13H2,1H3/b5-3-. The van der Waals surface area contributed by atoms with Crippen molar-refractivity contribution in [3.63, 3.8) is 0 Å². The number of carbonyl (C=O) groups excluding carboxylic acids is 1. The van der Waals surface area contributed by atoms with Crippen molar-refractivity contribution in [2.75, 3.05) is 13.7 Å². The average molecular weight is 310 g/mol. The Labute approximate surface area is 135 Å². The van der Waals surface area contributed by atoms with Gasteiger partial charge in [0.25, 0.3) is 0 Å². The lowest BCUT2D eigenvalue weighted by Gasteiger charge is -2.12. The van der Waals surface area contributed by atoms with E-state index in [4.69, 9.17) is 14.2 Å². The van der Waals surface area contributed by atoms with Crippen LogP contribution in [0.15, 0.2) is 65.7 Å². The van der Waals surface area contributed by atoms with Crippen LogP contribution in [0.3, 0.4) is 0 Å². The predicted molar refractivity (Wildman–Crippen MR) is 87.6 cm³/mol. The molecule has 0 saturated carbocycles. The molecule has 23 heavy (non-hydrogen) atoms. The van der Waals surface area contributed by atoms with Gasteiger partial charge in [-0.3, -0.25) is 4.79 Å². The van der Waals surface area contributed by atoms with Gasteiger partial charge < -0.3 is 14.2 Å². The summed E-state index contributed by atoms with van der Waals surface area (Å²) in [5, 5.41) is 0. The van der Waals surface area contributed by atoms with Gasteiger partial charge in [-0.05, 0) is 42.3 Å². The Kier molecular flexibility index (Phi) is 4.62. The van der Waals surface area contributed by atoms with Crippen LogP contribution >= 0.6 is 0 Å². The second-order valence-electron chi connectivity index (χ2n) is 5.27. The molecule has 0 atom stereocenters. The molecule has 0 N–H and O–H groups in total. The van der Waals surface area contributed by atoms with E-state index in [0.717, 1.165) is 16.9 Å². The molecule has 2 heterocycles.